The van der Waals surface area contributed by atoms with E-state index in [2.05, 4.69) is 154 Å². The molecule has 6 nitrogen and oxygen atoms in total. The molecule has 10 aromatic carbocycles. The fourth-order valence-electron chi connectivity index (χ4n) is 10.2. The van der Waals surface area contributed by atoms with Crippen LogP contribution < -0.4 is 0 Å². The van der Waals surface area contributed by atoms with Crippen molar-refractivity contribution in [3.8, 4) is 85.2 Å². The van der Waals surface area contributed by atoms with Crippen LogP contribution in [0.2, 0.25) is 0 Å². The molecule has 0 aliphatic carbocycles. The van der Waals surface area contributed by atoms with Crippen molar-refractivity contribution in [2.75, 3.05) is 0 Å². The van der Waals surface area contributed by atoms with E-state index >= 15 is 0 Å². The van der Waals surface area contributed by atoms with Crippen LogP contribution >= 0.6 is 0 Å². The molecular formula is C64H36N6. The van der Waals surface area contributed by atoms with Crippen LogP contribution in [0.25, 0.3) is 115 Å². The molecule has 12 aromatic rings. The molecule has 0 spiro atoms. The first-order valence-corrected chi connectivity index (χ1v) is 22.9. The van der Waals surface area contributed by atoms with Crippen molar-refractivity contribution in [1.82, 2.24) is 9.13 Å². The maximum absolute atomic E-state index is 11.2. The monoisotopic (exact) mass is 888 g/mol. The molecule has 0 atom stereocenters. The molecule has 6 heteroatoms. The van der Waals surface area contributed by atoms with Crippen molar-refractivity contribution < 1.29 is 0 Å². The molecule has 0 unspecified atom stereocenters. The molecule has 70 heavy (non-hydrogen) atoms. The van der Waals surface area contributed by atoms with Gasteiger partial charge in [-0.3, -0.25) is 0 Å². The van der Waals surface area contributed by atoms with Crippen LogP contribution in [0.3, 0.4) is 0 Å². The summed E-state index contributed by atoms with van der Waals surface area (Å²) in [4.78, 5) is 4.16. The molecular weight excluding hydrogens is 853 g/mol. The van der Waals surface area contributed by atoms with E-state index in [1.54, 1.807) is 24.3 Å². The minimum absolute atomic E-state index is 0.251. The van der Waals surface area contributed by atoms with E-state index in [0.29, 0.717) is 22.5 Å². The Hall–Kier alpha value is -10.2. The topological polar surface area (TPSA) is 85.6 Å². The third-order valence-electron chi connectivity index (χ3n) is 13.4. The first kappa shape index (κ1) is 41.2. The second-order valence-corrected chi connectivity index (χ2v) is 17.3. The molecule has 0 radical (unpaired) electrons. The van der Waals surface area contributed by atoms with Crippen LogP contribution in [-0.4, -0.2) is 9.13 Å². The summed E-state index contributed by atoms with van der Waals surface area (Å²) in [5.74, 6) is 0. The van der Waals surface area contributed by atoms with Gasteiger partial charge in [-0.1, -0.05) is 146 Å². The third kappa shape index (κ3) is 6.77. The number of nitriles is 3. The summed E-state index contributed by atoms with van der Waals surface area (Å²) in [6, 6.07) is 80.7. The zero-order valence-corrected chi connectivity index (χ0v) is 37.5. The van der Waals surface area contributed by atoms with Gasteiger partial charge in [0.2, 0.25) is 5.69 Å². The van der Waals surface area contributed by atoms with Crippen LogP contribution in [0.1, 0.15) is 16.7 Å². The van der Waals surface area contributed by atoms with Crippen molar-refractivity contribution in [1.29, 1.82) is 15.8 Å². The molecule has 0 aliphatic heterocycles. The van der Waals surface area contributed by atoms with E-state index in [9.17, 15) is 15.8 Å². The molecule has 0 bridgehead atoms. The van der Waals surface area contributed by atoms with Gasteiger partial charge in [0.1, 0.15) is 6.07 Å². The van der Waals surface area contributed by atoms with E-state index in [4.69, 9.17) is 6.57 Å². The van der Waals surface area contributed by atoms with Crippen LogP contribution in [-0.2, 0) is 0 Å². The number of hydrogen-bond acceptors (Lipinski definition) is 3. The molecule has 0 fully saturated rings. The van der Waals surface area contributed by atoms with Gasteiger partial charge in [-0.15, -0.1) is 0 Å². The zero-order valence-electron chi connectivity index (χ0n) is 37.5. The normalized spacial score (nSPS) is 11.1. The molecule has 12 rings (SSSR count). The standard InChI is InChI=1S/C64H36N6/c1-68-58-33-42(39-66)32-57(64(58)70-61-28-24-49(45-18-10-4-11-19-45)36-54(61)55-37-50(25-29-62(55)70)46-20-12-5-13-21-46)56-31-41(38-65)30-51(40-67)63(56)69-59-26-22-47(43-14-6-2-7-15-43)34-52(59)53-35-48(23-27-60(53)69)44-16-8-3-9-17-44/h2-37H. The summed E-state index contributed by atoms with van der Waals surface area (Å²) < 4.78 is 4.24. The molecule has 0 aliphatic rings. The SMILES string of the molecule is [C-]#[N+]c1cc(C#N)cc(-c2cc(C#N)cc(C#N)c2-n2c3ccc(-c4ccccc4)cc3c3cc(-c4ccccc4)ccc32)c1-n1c2ccc(-c3ccccc3)cc2c2cc(-c3ccccc3)ccc21. The maximum atomic E-state index is 11.2. The van der Waals surface area contributed by atoms with E-state index in [0.717, 1.165) is 88.1 Å². The lowest BCUT2D eigenvalue weighted by atomic mass is 9.93. The third-order valence-corrected chi connectivity index (χ3v) is 13.4. The summed E-state index contributed by atoms with van der Waals surface area (Å²) in [6.45, 7) is 8.77. The fraction of sp³-hybridized carbons (Fsp3) is 0. The number of aromatic nitrogens is 2. The van der Waals surface area contributed by atoms with E-state index < -0.39 is 0 Å². The van der Waals surface area contributed by atoms with Crippen molar-refractivity contribution in [3.63, 3.8) is 0 Å². The highest BCUT2D eigenvalue weighted by molar-refractivity contribution is 6.15. The predicted octanol–water partition coefficient (Wildman–Crippen LogP) is 16.4. The molecule has 2 heterocycles. The Morgan fingerprint density at radius 2 is 0.657 bits per heavy atom. The lowest BCUT2D eigenvalue weighted by Gasteiger charge is -2.21. The fourth-order valence-corrected chi connectivity index (χ4v) is 10.2. The van der Waals surface area contributed by atoms with Gasteiger partial charge in [-0.25, -0.2) is 4.85 Å². The van der Waals surface area contributed by atoms with Crippen LogP contribution in [0.5, 0.6) is 0 Å². The van der Waals surface area contributed by atoms with Gasteiger partial charge in [0.05, 0.1) is 63.3 Å². The van der Waals surface area contributed by atoms with Gasteiger partial charge in [0, 0.05) is 32.7 Å². The van der Waals surface area contributed by atoms with Crippen LogP contribution in [0, 0.1) is 40.6 Å². The summed E-state index contributed by atoms with van der Waals surface area (Å²) in [5, 5.41) is 36.5. The lowest BCUT2D eigenvalue weighted by molar-refractivity contribution is 1.15. The van der Waals surface area contributed by atoms with Gasteiger partial charge in [0.15, 0.2) is 0 Å². The van der Waals surface area contributed by atoms with Crippen molar-refractivity contribution in [2.45, 2.75) is 0 Å². The Morgan fingerprint density at radius 1 is 0.329 bits per heavy atom. The van der Waals surface area contributed by atoms with Gasteiger partial charge >= 0.3 is 0 Å². The Bertz CT molecular complexity index is 3780. The summed E-state index contributed by atoms with van der Waals surface area (Å²) >= 11 is 0. The molecule has 0 saturated carbocycles. The first-order chi connectivity index (χ1) is 34.5. The molecule has 322 valence electrons. The largest absolute Gasteiger partial charge is 0.318 e. The number of fused-ring (bicyclic) bond motifs is 6. The highest BCUT2D eigenvalue weighted by Gasteiger charge is 2.27. The minimum atomic E-state index is 0.251. The quantitative estimate of drug-likeness (QED) is 0.149. The van der Waals surface area contributed by atoms with Gasteiger partial charge in [-0.05, 0) is 123 Å². The second-order valence-electron chi connectivity index (χ2n) is 17.3. The number of hydrogen-bond donors (Lipinski definition) is 0. The minimum Gasteiger partial charge on any atom is -0.318 e. The van der Waals surface area contributed by atoms with Crippen LogP contribution in [0.4, 0.5) is 5.69 Å². The summed E-state index contributed by atoms with van der Waals surface area (Å²) in [5.41, 5.74) is 15.1. The Kier molecular flexibility index (Phi) is 9.94. The smallest absolute Gasteiger partial charge is 0.212 e. The zero-order chi connectivity index (χ0) is 47.3. The maximum Gasteiger partial charge on any atom is 0.212 e. The predicted molar refractivity (Wildman–Crippen MR) is 283 cm³/mol. The molecule has 0 amide bonds. The number of rotatable bonds is 7. The molecule has 0 N–H and O–H groups in total. The Morgan fingerprint density at radius 3 is 0.986 bits per heavy atom. The average molecular weight is 889 g/mol. The average Bonchev–Trinajstić information content (AvgIpc) is 3.93. The lowest BCUT2D eigenvalue weighted by Crippen LogP contribution is -2.05. The summed E-state index contributed by atoms with van der Waals surface area (Å²) in [7, 11) is 0. The Balaban J connectivity index is 1.20. The first-order valence-electron chi connectivity index (χ1n) is 22.9. The van der Waals surface area contributed by atoms with E-state index in [1.807, 2.05) is 72.8 Å². The van der Waals surface area contributed by atoms with Gasteiger partial charge < -0.3 is 9.13 Å². The highest BCUT2D eigenvalue weighted by atomic mass is 15.0. The number of nitrogens with zero attached hydrogens (tertiary/aromatic N) is 6. The van der Waals surface area contributed by atoms with Crippen molar-refractivity contribution in [3.05, 3.63) is 246 Å². The number of benzene rings is 10. The Labute approximate surface area is 404 Å². The second kappa shape index (κ2) is 16.9. The van der Waals surface area contributed by atoms with Gasteiger partial charge in [0.25, 0.3) is 0 Å². The van der Waals surface area contributed by atoms with E-state index in [-0.39, 0.29) is 22.4 Å². The summed E-state index contributed by atoms with van der Waals surface area (Å²) in [6.07, 6.45) is 0. The highest BCUT2D eigenvalue weighted by Crippen LogP contribution is 2.47. The van der Waals surface area contributed by atoms with Crippen molar-refractivity contribution in [2.24, 2.45) is 0 Å². The van der Waals surface area contributed by atoms with E-state index in [1.165, 1.54) is 0 Å². The van der Waals surface area contributed by atoms with Gasteiger partial charge in [-0.2, -0.15) is 15.8 Å². The van der Waals surface area contributed by atoms with Crippen molar-refractivity contribution >= 4 is 49.3 Å². The van der Waals surface area contributed by atoms with Crippen LogP contribution in [0.15, 0.2) is 218 Å². The molecule has 2 aromatic heterocycles. The molecule has 0 saturated heterocycles.